The summed E-state index contributed by atoms with van der Waals surface area (Å²) in [6, 6.07) is 19.8. The van der Waals surface area contributed by atoms with Gasteiger partial charge >= 0.3 is 0 Å². The predicted octanol–water partition coefficient (Wildman–Crippen LogP) is 6.40. The molecule has 0 fully saturated rings. The van der Waals surface area contributed by atoms with Gasteiger partial charge in [-0.05, 0) is 42.2 Å². The molecule has 29 heavy (non-hydrogen) atoms. The number of hydrogen-bond acceptors (Lipinski definition) is 2. The van der Waals surface area contributed by atoms with E-state index in [0.717, 1.165) is 24.0 Å². The molecular formula is C25H37NO2S. The summed E-state index contributed by atoms with van der Waals surface area (Å²) in [5.41, 5.74) is 1.76. The van der Waals surface area contributed by atoms with Gasteiger partial charge in [-0.1, -0.05) is 95.3 Å². The van der Waals surface area contributed by atoms with Gasteiger partial charge in [0.25, 0.3) is 0 Å². The lowest BCUT2D eigenvalue weighted by Gasteiger charge is -2.49. The maximum absolute atomic E-state index is 14.3. The summed E-state index contributed by atoms with van der Waals surface area (Å²) in [5, 5.41) is 0. The molecule has 4 heteroatoms. The topological polar surface area (TPSA) is 37.4 Å². The molecule has 0 amide bonds. The van der Waals surface area contributed by atoms with Gasteiger partial charge < -0.3 is 0 Å². The van der Waals surface area contributed by atoms with E-state index >= 15 is 0 Å². The molecule has 0 radical (unpaired) electrons. The van der Waals surface area contributed by atoms with Crippen molar-refractivity contribution in [3.05, 3.63) is 71.8 Å². The van der Waals surface area contributed by atoms with Gasteiger partial charge in [-0.3, -0.25) is 0 Å². The zero-order valence-corrected chi connectivity index (χ0v) is 19.5. The molecule has 2 aromatic rings. The Bertz CT molecular complexity index is 797. The van der Waals surface area contributed by atoms with Crippen LogP contribution >= 0.6 is 0 Å². The van der Waals surface area contributed by atoms with Gasteiger partial charge in [0.15, 0.2) is 0 Å². The highest BCUT2D eigenvalue weighted by Gasteiger charge is 2.55. The average Bonchev–Trinajstić information content (AvgIpc) is 2.75. The van der Waals surface area contributed by atoms with Gasteiger partial charge in [0.05, 0.1) is 4.75 Å². The molecule has 3 nitrogen and oxygen atoms in total. The molecule has 0 unspecified atom stereocenters. The van der Waals surface area contributed by atoms with Gasteiger partial charge in [0.2, 0.25) is 10.0 Å². The van der Waals surface area contributed by atoms with Gasteiger partial charge in [-0.2, -0.15) is 4.31 Å². The Kier molecular flexibility index (Phi) is 8.07. The van der Waals surface area contributed by atoms with E-state index in [2.05, 4.69) is 20.8 Å². The van der Waals surface area contributed by atoms with Crippen LogP contribution in [0.5, 0.6) is 0 Å². The predicted molar refractivity (Wildman–Crippen MR) is 123 cm³/mol. The first-order valence-corrected chi connectivity index (χ1v) is 12.3. The lowest BCUT2D eigenvalue weighted by atomic mass is 9.69. The van der Waals surface area contributed by atoms with Crippen molar-refractivity contribution >= 4 is 10.0 Å². The van der Waals surface area contributed by atoms with Crippen molar-refractivity contribution in [2.24, 2.45) is 5.41 Å². The van der Waals surface area contributed by atoms with Gasteiger partial charge in [0, 0.05) is 13.1 Å². The summed E-state index contributed by atoms with van der Waals surface area (Å²) < 4.78 is 29.6. The fourth-order valence-corrected chi connectivity index (χ4v) is 7.49. The minimum Gasteiger partial charge on any atom is -0.212 e. The van der Waals surface area contributed by atoms with E-state index in [1.807, 2.05) is 74.5 Å². The first-order chi connectivity index (χ1) is 13.8. The van der Waals surface area contributed by atoms with Crippen molar-refractivity contribution < 1.29 is 8.42 Å². The van der Waals surface area contributed by atoms with Crippen LogP contribution in [0.2, 0.25) is 0 Å². The van der Waals surface area contributed by atoms with Crippen molar-refractivity contribution in [1.29, 1.82) is 0 Å². The summed E-state index contributed by atoms with van der Waals surface area (Å²) in [6.07, 6.45) is 2.91. The van der Waals surface area contributed by atoms with Crippen molar-refractivity contribution in [2.45, 2.75) is 78.1 Å². The highest BCUT2D eigenvalue weighted by Crippen LogP contribution is 2.49. The number of benzene rings is 2. The van der Waals surface area contributed by atoms with Gasteiger partial charge in [0.1, 0.15) is 0 Å². The number of rotatable bonds is 11. The minimum atomic E-state index is -3.57. The van der Waals surface area contributed by atoms with E-state index in [4.69, 9.17) is 0 Å². The Hall–Kier alpha value is -1.65. The van der Waals surface area contributed by atoms with E-state index in [1.54, 1.807) is 4.31 Å². The summed E-state index contributed by atoms with van der Waals surface area (Å²) in [5.74, 6) is 0. The normalized spacial score (nSPS) is 13.0. The lowest BCUT2D eigenvalue weighted by molar-refractivity contribution is 0.169. The first kappa shape index (κ1) is 23.6. The summed E-state index contributed by atoms with van der Waals surface area (Å²) >= 11 is 0. The number of sulfonamides is 1. The van der Waals surface area contributed by atoms with Crippen LogP contribution < -0.4 is 0 Å². The van der Waals surface area contributed by atoms with Crippen LogP contribution in [-0.2, 0) is 23.1 Å². The number of nitrogens with zero attached hydrogens (tertiary/aromatic N) is 1. The molecule has 0 heterocycles. The Morgan fingerprint density at radius 2 is 1.07 bits per heavy atom. The van der Waals surface area contributed by atoms with E-state index in [9.17, 15) is 8.42 Å². The molecule has 0 aliphatic heterocycles. The Morgan fingerprint density at radius 1 is 0.690 bits per heavy atom. The van der Waals surface area contributed by atoms with Crippen molar-refractivity contribution in [3.63, 3.8) is 0 Å². The molecule has 0 saturated carbocycles. The maximum atomic E-state index is 14.3. The van der Waals surface area contributed by atoms with Crippen LogP contribution in [-0.4, -0.2) is 17.5 Å². The smallest absolute Gasteiger partial charge is 0.212 e. The third-order valence-corrected chi connectivity index (χ3v) is 10.0. The molecule has 0 aliphatic rings. The molecule has 2 rings (SSSR count). The van der Waals surface area contributed by atoms with E-state index in [-0.39, 0.29) is 5.41 Å². The second-order valence-electron chi connectivity index (χ2n) is 8.21. The molecule has 160 valence electrons. The third kappa shape index (κ3) is 4.59. The van der Waals surface area contributed by atoms with Gasteiger partial charge in [-0.15, -0.1) is 0 Å². The van der Waals surface area contributed by atoms with Crippen LogP contribution in [0, 0.1) is 5.41 Å². The maximum Gasteiger partial charge on any atom is 0.220 e. The second-order valence-corrected chi connectivity index (χ2v) is 10.5. The van der Waals surface area contributed by atoms with Gasteiger partial charge in [-0.25, -0.2) is 8.42 Å². The number of hydrogen-bond donors (Lipinski definition) is 0. The van der Waals surface area contributed by atoms with E-state index < -0.39 is 14.8 Å². The largest absolute Gasteiger partial charge is 0.220 e. The second kappa shape index (κ2) is 9.90. The van der Waals surface area contributed by atoms with E-state index in [1.165, 1.54) is 0 Å². The Labute approximate surface area is 178 Å². The molecule has 0 saturated heterocycles. The third-order valence-electron chi connectivity index (χ3n) is 7.04. The quantitative estimate of drug-likeness (QED) is 0.425. The lowest BCUT2D eigenvalue weighted by Crippen LogP contribution is -2.56. The Morgan fingerprint density at radius 3 is 1.38 bits per heavy atom. The van der Waals surface area contributed by atoms with Crippen LogP contribution in [0.1, 0.15) is 71.4 Å². The van der Waals surface area contributed by atoms with Crippen molar-refractivity contribution in [3.8, 4) is 0 Å². The highest BCUT2D eigenvalue weighted by atomic mass is 32.2. The van der Waals surface area contributed by atoms with Crippen LogP contribution in [0.4, 0.5) is 0 Å². The minimum absolute atomic E-state index is 0.277. The molecule has 2 aromatic carbocycles. The average molecular weight is 416 g/mol. The molecular weight excluding hydrogens is 378 g/mol. The van der Waals surface area contributed by atoms with Crippen molar-refractivity contribution in [1.82, 2.24) is 4.31 Å². The fourth-order valence-electron chi connectivity index (χ4n) is 4.72. The zero-order chi connectivity index (χ0) is 21.5. The molecule has 0 aliphatic carbocycles. The summed E-state index contributed by atoms with van der Waals surface area (Å²) in [7, 11) is -3.57. The first-order valence-electron chi connectivity index (χ1n) is 10.9. The molecule has 0 atom stereocenters. The van der Waals surface area contributed by atoms with Crippen LogP contribution in [0.3, 0.4) is 0 Å². The molecule has 0 bridgehead atoms. The molecule has 0 N–H and O–H groups in total. The summed E-state index contributed by atoms with van der Waals surface area (Å²) in [6.45, 7) is 11.3. The van der Waals surface area contributed by atoms with E-state index in [0.29, 0.717) is 25.9 Å². The van der Waals surface area contributed by atoms with Crippen LogP contribution in [0.15, 0.2) is 60.7 Å². The standard InChI is InChI=1S/C25H37NO2S/c1-6-24(5,7-2)25(8-3,9-4)29(27,28)26(20-22-16-12-10-13-17-22)21-23-18-14-11-15-19-23/h10-19H,6-9,20-21H2,1-5H3. The zero-order valence-electron chi connectivity index (χ0n) is 18.7. The SMILES string of the molecule is CCC(C)(CC)C(CC)(CC)S(=O)(=O)N(Cc1ccccc1)Cc1ccccc1. The van der Waals surface area contributed by atoms with Crippen molar-refractivity contribution in [2.75, 3.05) is 0 Å². The van der Waals surface area contributed by atoms with Crippen LogP contribution in [0.25, 0.3) is 0 Å². The summed E-state index contributed by atoms with van der Waals surface area (Å²) in [4.78, 5) is 0. The fraction of sp³-hybridized carbons (Fsp3) is 0.520. The monoisotopic (exact) mass is 415 g/mol. The molecule has 0 spiro atoms. The highest BCUT2D eigenvalue weighted by molar-refractivity contribution is 7.90. The molecule has 0 aromatic heterocycles. The Balaban J connectivity index is 2.58.